The van der Waals surface area contributed by atoms with Crippen molar-refractivity contribution in [2.24, 2.45) is 0 Å². The molecule has 1 aromatic carbocycles. The quantitative estimate of drug-likeness (QED) is 0.383. The van der Waals surface area contributed by atoms with Gasteiger partial charge >= 0.3 is 6.09 Å². The number of carbonyl (C=O) groups is 2. The summed E-state index contributed by atoms with van der Waals surface area (Å²) in [5.74, 6) is -3.09. The summed E-state index contributed by atoms with van der Waals surface area (Å²) in [5, 5.41) is 0.227. The molecule has 3 rings (SSSR count). The Bertz CT molecular complexity index is 1100. The molecule has 1 aromatic heterocycles. The van der Waals surface area contributed by atoms with E-state index < -0.39 is 42.4 Å². The predicted molar refractivity (Wildman–Crippen MR) is 135 cm³/mol. The standard InChI is InChI=1S/C25H29BrClF2N3O4/c1-24(2,3)36-23(34)32-12-11-25(28,29)13-20(32)22(33)31(14-16-5-7-17(35-4)8-6-16)15-19-18(26)9-10-21(27)30-19/h5-10,20H,11-15H2,1-4H3. The molecule has 0 spiro atoms. The Kier molecular flexibility index (Phi) is 8.82. The molecule has 1 saturated heterocycles. The van der Waals surface area contributed by atoms with Gasteiger partial charge in [-0.15, -0.1) is 0 Å². The van der Waals surface area contributed by atoms with Crippen molar-refractivity contribution in [3.63, 3.8) is 0 Å². The highest BCUT2D eigenvalue weighted by Gasteiger charge is 2.47. The molecule has 0 aliphatic carbocycles. The Morgan fingerprint density at radius 1 is 1.19 bits per heavy atom. The Balaban J connectivity index is 1.96. The molecule has 36 heavy (non-hydrogen) atoms. The van der Waals surface area contributed by atoms with Gasteiger partial charge in [0, 0.05) is 30.4 Å². The van der Waals surface area contributed by atoms with Crippen LogP contribution in [0, 0.1) is 0 Å². The van der Waals surface area contributed by atoms with Crippen LogP contribution in [0.5, 0.6) is 5.75 Å². The van der Waals surface area contributed by atoms with E-state index >= 15 is 0 Å². The van der Waals surface area contributed by atoms with Crippen molar-refractivity contribution in [3.05, 3.63) is 57.3 Å². The third-order valence-corrected chi connectivity index (χ3v) is 6.50. The Morgan fingerprint density at radius 3 is 2.47 bits per heavy atom. The molecule has 196 valence electrons. The summed E-state index contributed by atoms with van der Waals surface area (Å²) in [6, 6.07) is 8.93. The van der Waals surface area contributed by atoms with Crippen molar-refractivity contribution < 1.29 is 27.8 Å². The maximum Gasteiger partial charge on any atom is 0.410 e. The predicted octanol–water partition coefficient (Wildman–Crippen LogP) is 6.07. The first kappa shape index (κ1) is 28.1. The van der Waals surface area contributed by atoms with E-state index in [4.69, 9.17) is 21.1 Å². The smallest absolute Gasteiger partial charge is 0.410 e. The number of alkyl halides is 2. The van der Waals surface area contributed by atoms with E-state index in [0.717, 1.165) is 10.5 Å². The SMILES string of the molecule is COc1ccc(CN(Cc2nc(Cl)ccc2Br)C(=O)C2CC(F)(F)CCN2C(=O)OC(C)(C)C)cc1. The maximum atomic E-state index is 14.5. The molecule has 1 unspecified atom stereocenters. The van der Waals surface area contributed by atoms with Crippen LogP contribution < -0.4 is 4.74 Å². The summed E-state index contributed by atoms with van der Waals surface area (Å²) in [6.45, 7) is 4.81. The normalized spacial score (nSPS) is 17.4. The maximum absolute atomic E-state index is 14.5. The minimum atomic E-state index is -3.10. The van der Waals surface area contributed by atoms with Crippen LogP contribution in [0.25, 0.3) is 0 Å². The number of rotatable bonds is 6. The molecule has 11 heteroatoms. The molecular weight excluding hydrogens is 560 g/mol. The van der Waals surface area contributed by atoms with Crippen molar-refractivity contribution in [2.45, 2.75) is 64.3 Å². The molecule has 0 N–H and O–H groups in total. The summed E-state index contributed by atoms with van der Waals surface area (Å²) >= 11 is 9.48. The Labute approximate surface area is 222 Å². The van der Waals surface area contributed by atoms with Gasteiger partial charge in [0.15, 0.2) is 0 Å². The zero-order chi connectivity index (χ0) is 26.7. The average molecular weight is 589 g/mol. The average Bonchev–Trinajstić information content (AvgIpc) is 2.79. The molecule has 7 nitrogen and oxygen atoms in total. The van der Waals surface area contributed by atoms with E-state index in [2.05, 4.69) is 20.9 Å². The molecule has 1 aliphatic rings. The number of hydrogen-bond donors (Lipinski definition) is 0. The van der Waals surface area contributed by atoms with Crippen molar-refractivity contribution in [2.75, 3.05) is 13.7 Å². The largest absolute Gasteiger partial charge is 0.497 e. The van der Waals surface area contributed by atoms with Gasteiger partial charge in [0.05, 0.1) is 19.3 Å². The summed E-state index contributed by atoms with van der Waals surface area (Å²) in [7, 11) is 1.54. The number of likely N-dealkylation sites (tertiary alicyclic amines) is 1. The van der Waals surface area contributed by atoms with Gasteiger partial charge in [0.1, 0.15) is 22.5 Å². The lowest BCUT2D eigenvalue weighted by atomic mass is 9.97. The monoisotopic (exact) mass is 587 g/mol. The molecule has 2 amide bonds. The fraction of sp³-hybridized carbons (Fsp3) is 0.480. The van der Waals surface area contributed by atoms with Gasteiger partial charge in [-0.2, -0.15) is 0 Å². The molecule has 0 saturated carbocycles. The van der Waals surface area contributed by atoms with E-state index in [-0.39, 0.29) is 24.8 Å². The second-order valence-electron chi connectivity index (χ2n) is 9.60. The van der Waals surface area contributed by atoms with Crippen LogP contribution in [0.3, 0.4) is 0 Å². The molecule has 1 aliphatic heterocycles. The first-order valence-electron chi connectivity index (χ1n) is 11.4. The molecule has 0 radical (unpaired) electrons. The fourth-order valence-electron chi connectivity index (χ4n) is 3.82. The van der Waals surface area contributed by atoms with Crippen LogP contribution in [0.4, 0.5) is 13.6 Å². The minimum Gasteiger partial charge on any atom is -0.497 e. The Morgan fingerprint density at radius 2 is 1.86 bits per heavy atom. The van der Waals surface area contributed by atoms with Crippen LogP contribution in [-0.4, -0.2) is 58.0 Å². The van der Waals surface area contributed by atoms with Crippen LogP contribution in [0.1, 0.15) is 44.9 Å². The van der Waals surface area contributed by atoms with Crippen molar-refractivity contribution in [3.8, 4) is 5.75 Å². The number of pyridine rings is 1. The molecule has 0 bridgehead atoms. The van der Waals surface area contributed by atoms with Gasteiger partial charge in [-0.1, -0.05) is 23.7 Å². The fourth-order valence-corrected chi connectivity index (χ4v) is 4.33. The van der Waals surface area contributed by atoms with E-state index in [1.807, 2.05) is 0 Å². The first-order valence-corrected chi connectivity index (χ1v) is 12.6. The number of hydrogen-bond acceptors (Lipinski definition) is 5. The lowest BCUT2D eigenvalue weighted by molar-refractivity contribution is -0.148. The summed E-state index contributed by atoms with van der Waals surface area (Å²) in [4.78, 5) is 33.5. The number of halogens is 4. The van der Waals surface area contributed by atoms with Gasteiger partial charge in [-0.05, 0) is 66.5 Å². The number of amides is 2. The zero-order valence-corrected chi connectivity index (χ0v) is 22.9. The number of nitrogens with zero attached hydrogens (tertiary/aromatic N) is 3. The molecule has 2 aromatic rings. The van der Waals surface area contributed by atoms with Crippen molar-refractivity contribution in [1.82, 2.24) is 14.8 Å². The van der Waals surface area contributed by atoms with Gasteiger partial charge in [-0.25, -0.2) is 18.6 Å². The van der Waals surface area contributed by atoms with Crippen LogP contribution >= 0.6 is 27.5 Å². The number of ether oxygens (including phenoxy) is 2. The van der Waals surface area contributed by atoms with Gasteiger partial charge < -0.3 is 14.4 Å². The van der Waals surface area contributed by atoms with E-state index in [1.54, 1.807) is 64.3 Å². The number of piperidine rings is 1. The highest BCUT2D eigenvalue weighted by molar-refractivity contribution is 9.10. The zero-order valence-electron chi connectivity index (χ0n) is 20.6. The van der Waals surface area contributed by atoms with E-state index in [1.165, 1.54) is 4.90 Å². The van der Waals surface area contributed by atoms with E-state index in [9.17, 15) is 18.4 Å². The van der Waals surface area contributed by atoms with Crippen molar-refractivity contribution >= 4 is 39.5 Å². The molecule has 2 heterocycles. The summed E-state index contributed by atoms with van der Waals surface area (Å²) in [6.07, 6.45) is -2.15. The lowest BCUT2D eigenvalue weighted by Gasteiger charge is -2.40. The summed E-state index contributed by atoms with van der Waals surface area (Å²) in [5.41, 5.74) is 0.354. The van der Waals surface area contributed by atoms with Crippen LogP contribution in [0.2, 0.25) is 5.15 Å². The molecule has 1 atom stereocenters. The highest BCUT2D eigenvalue weighted by Crippen LogP contribution is 2.34. The Hall–Kier alpha value is -2.46. The van der Waals surface area contributed by atoms with Gasteiger partial charge in [0.25, 0.3) is 5.92 Å². The second kappa shape index (κ2) is 11.3. The second-order valence-corrected chi connectivity index (χ2v) is 10.8. The van der Waals surface area contributed by atoms with Gasteiger partial charge in [-0.3, -0.25) is 9.69 Å². The number of aromatic nitrogens is 1. The van der Waals surface area contributed by atoms with Crippen LogP contribution in [0.15, 0.2) is 40.9 Å². The van der Waals surface area contributed by atoms with Crippen LogP contribution in [-0.2, 0) is 22.6 Å². The first-order chi connectivity index (χ1) is 16.8. The summed E-state index contributed by atoms with van der Waals surface area (Å²) < 4.78 is 40.2. The third-order valence-electron chi connectivity index (χ3n) is 5.57. The third kappa shape index (κ3) is 7.52. The molecule has 1 fully saturated rings. The number of carbonyl (C=O) groups excluding carboxylic acids is 2. The number of methoxy groups -OCH3 is 1. The molecular formula is C25H29BrClF2N3O4. The topological polar surface area (TPSA) is 72.0 Å². The minimum absolute atomic E-state index is 0.0176. The van der Waals surface area contributed by atoms with Gasteiger partial charge in [0.2, 0.25) is 5.91 Å². The highest BCUT2D eigenvalue weighted by atomic mass is 79.9. The number of benzene rings is 1. The lowest BCUT2D eigenvalue weighted by Crippen LogP contribution is -2.57. The van der Waals surface area contributed by atoms with Crippen molar-refractivity contribution in [1.29, 1.82) is 0 Å². The van der Waals surface area contributed by atoms with E-state index in [0.29, 0.717) is 15.9 Å².